The minimum absolute atomic E-state index is 0.129. The number of hydrogen-bond donors (Lipinski definition) is 2. The molecule has 8 nitrogen and oxygen atoms in total. The quantitative estimate of drug-likeness (QED) is 0.839. The second-order valence-corrected chi connectivity index (χ2v) is 7.01. The van der Waals surface area contributed by atoms with E-state index in [2.05, 4.69) is 10.4 Å². The smallest absolute Gasteiger partial charge is 0.306 e. The first-order chi connectivity index (χ1) is 11.9. The SMILES string of the molecule is Cc1cc(N2CCCC(NC(=O)[C@@H]3CC[C@H](C(=O)O)C3)C2=O)n(C)n1. The maximum absolute atomic E-state index is 12.8. The fraction of sp³-hybridized carbons (Fsp3) is 0.647. The van der Waals surface area contributed by atoms with Crippen LogP contribution in [0.25, 0.3) is 0 Å². The molecule has 2 aliphatic rings. The Labute approximate surface area is 146 Å². The van der Waals surface area contributed by atoms with Crippen molar-refractivity contribution in [3.8, 4) is 0 Å². The lowest BCUT2D eigenvalue weighted by atomic mass is 10.0. The zero-order valence-electron chi connectivity index (χ0n) is 14.6. The topological polar surface area (TPSA) is 105 Å². The molecule has 1 aromatic rings. The molecule has 2 N–H and O–H groups in total. The summed E-state index contributed by atoms with van der Waals surface area (Å²) in [6.07, 6.45) is 2.84. The average molecular weight is 348 g/mol. The molecule has 2 heterocycles. The molecule has 3 atom stereocenters. The van der Waals surface area contributed by atoms with Gasteiger partial charge in [0.15, 0.2) is 0 Å². The monoisotopic (exact) mass is 348 g/mol. The fourth-order valence-corrected chi connectivity index (χ4v) is 3.82. The van der Waals surface area contributed by atoms with Gasteiger partial charge in [-0.2, -0.15) is 5.10 Å². The van der Waals surface area contributed by atoms with E-state index in [9.17, 15) is 14.4 Å². The van der Waals surface area contributed by atoms with Crippen molar-refractivity contribution in [1.29, 1.82) is 0 Å². The van der Waals surface area contributed by atoms with E-state index in [1.54, 1.807) is 16.6 Å². The Morgan fingerprint density at radius 1 is 1.28 bits per heavy atom. The van der Waals surface area contributed by atoms with Gasteiger partial charge in [0.25, 0.3) is 5.91 Å². The number of anilines is 1. The van der Waals surface area contributed by atoms with Crippen molar-refractivity contribution in [3.63, 3.8) is 0 Å². The summed E-state index contributed by atoms with van der Waals surface area (Å²) in [5, 5.41) is 16.2. The van der Waals surface area contributed by atoms with Crippen molar-refractivity contribution in [2.45, 2.75) is 45.1 Å². The van der Waals surface area contributed by atoms with E-state index in [0.29, 0.717) is 32.2 Å². The van der Waals surface area contributed by atoms with E-state index in [1.165, 1.54) is 0 Å². The van der Waals surface area contributed by atoms with Crippen molar-refractivity contribution in [3.05, 3.63) is 11.8 Å². The average Bonchev–Trinajstić information content (AvgIpc) is 3.16. The fourth-order valence-electron chi connectivity index (χ4n) is 3.82. The van der Waals surface area contributed by atoms with Crippen molar-refractivity contribution >= 4 is 23.6 Å². The first-order valence-electron chi connectivity index (χ1n) is 8.72. The van der Waals surface area contributed by atoms with Gasteiger partial charge in [-0.05, 0) is 39.0 Å². The van der Waals surface area contributed by atoms with Gasteiger partial charge in [-0.3, -0.25) is 24.0 Å². The number of piperidine rings is 1. The van der Waals surface area contributed by atoms with Crippen LogP contribution in [0.3, 0.4) is 0 Å². The lowest BCUT2D eigenvalue weighted by molar-refractivity contribution is -0.141. The lowest BCUT2D eigenvalue weighted by Crippen LogP contribution is -2.53. The molecule has 1 saturated carbocycles. The Morgan fingerprint density at radius 3 is 2.60 bits per heavy atom. The molecule has 0 radical (unpaired) electrons. The molecule has 1 aliphatic heterocycles. The zero-order valence-corrected chi connectivity index (χ0v) is 14.6. The Kier molecular flexibility index (Phi) is 4.78. The Balaban J connectivity index is 1.65. The highest BCUT2D eigenvalue weighted by molar-refractivity contribution is 5.99. The van der Waals surface area contributed by atoms with Gasteiger partial charge in [0, 0.05) is 25.6 Å². The molecule has 1 unspecified atom stereocenters. The number of amides is 2. The lowest BCUT2D eigenvalue weighted by Gasteiger charge is -2.32. The van der Waals surface area contributed by atoms with E-state index < -0.39 is 17.9 Å². The maximum atomic E-state index is 12.8. The number of hydrogen-bond acceptors (Lipinski definition) is 4. The number of rotatable bonds is 4. The second kappa shape index (κ2) is 6.85. The minimum Gasteiger partial charge on any atom is -0.481 e. The van der Waals surface area contributed by atoms with Crippen molar-refractivity contribution in [1.82, 2.24) is 15.1 Å². The normalized spacial score (nSPS) is 26.7. The second-order valence-electron chi connectivity index (χ2n) is 7.01. The molecule has 2 fully saturated rings. The van der Waals surface area contributed by atoms with Crippen LogP contribution < -0.4 is 10.2 Å². The van der Waals surface area contributed by atoms with Crippen LogP contribution in [0.4, 0.5) is 5.82 Å². The highest BCUT2D eigenvalue weighted by Gasteiger charge is 2.37. The van der Waals surface area contributed by atoms with Gasteiger partial charge in [-0.25, -0.2) is 0 Å². The van der Waals surface area contributed by atoms with Gasteiger partial charge in [0.2, 0.25) is 5.91 Å². The molecular formula is C17H24N4O4. The number of nitrogens with one attached hydrogen (secondary N) is 1. The van der Waals surface area contributed by atoms with Crippen LogP contribution in [-0.4, -0.2) is 45.3 Å². The van der Waals surface area contributed by atoms with Crippen LogP contribution in [-0.2, 0) is 21.4 Å². The molecule has 0 bridgehead atoms. The van der Waals surface area contributed by atoms with E-state index in [1.807, 2.05) is 13.0 Å². The van der Waals surface area contributed by atoms with E-state index in [-0.39, 0.29) is 17.7 Å². The Morgan fingerprint density at radius 2 is 2.00 bits per heavy atom. The number of carboxylic acids is 1. The number of carbonyl (C=O) groups is 3. The Hall–Kier alpha value is -2.38. The molecule has 2 amide bonds. The largest absolute Gasteiger partial charge is 0.481 e. The molecule has 0 spiro atoms. The predicted octanol–water partition coefficient (Wildman–Crippen LogP) is 0.841. The van der Waals surface area contributed by atoms with Crippen LogP contribution in [0.5, 0.6) is 0 Å². The molecule has 1 aliphatic carbocycles. The first-order valence-corrected chi connectivity index (χ1v) is 8.72. The predicted molar refractivity (Wildman–Crippen MR) is 89.9 cm³/mol. The van der Waals surface area contributed by atoms with Crippen LogP contribution in [0.2, 0.25) is 0 Å². The highest BCUT2D eigenvalue weighted by Crippen LogP contribution is 2.31. The minimum atomic E-state index is -0.846. The van der Waals surface area contributed by atoms with Crippen LogP contribution in [0, 0.1) is 18.8 Å². The molecular weight excluding hydrogens is 324 g/mol. The standard InChI is InChI=1S/C17H24N4O4/c1-10-8-14(20(2)19-10)21-7-3-4-13(16(21)23)18-15(22)11-5-6-12(9-11)17(24)25/h8,11-13H,3-7,9H2,1-2H3,(H,18,22)(H,24,25)/t11-,12+,13?/m1/s1. The van der Waals surface area contributed by atoms with Gasteiger partial charge in [-0.1, -0.05) is 0 Å². The van der Waals surface area contributed by atoms with E-state index in [4.69, 9.17) is 5.11 Å². The molecule has 136 valence electrons. The van der Waals surface area contributed by atoms with E-state index in [0.717, 1.165) is 17.9 Å². The molecule has 1 saturated heterocycles. The van der Waals surface area contributed by atoms with Crippen LogP contribution in [0.15, 0.2) is 6.07 Å². The summed E-state index contributed by atoms with van der Waals surface area (Å²) in [5.41, 5.74) is 0.835. The zero-order chi connectivity index (χ0) is 18.1. The summed E-state index contributed by atoms with van der Waals surface area (Å²) in [6.45, 7) is 2.48. The van der Waals surface area contributed by atoms with E-state index >= 15 is 0 Å². The van der Waals surface area contributed by atoms with Gasteiger partial charge >= 0.3 is 5.97 Å². The van der Waals surface area contributed by atoms with Crippen LogP contribution in [0.1, 0.15) is 37.8 Å². The highest BCUT2D eigenvalue weighted by atomic mass is 16.4. The van der Waals surface area contributed by atoms with Crippen molar-refractivity contribution in [2.75, 3.05) is 11.4 Å². The van der Waals surface area contributed by atoms with Gasteiger partial charge in [-0.15, -0.1) is 0 Å². The number of aliphatic carboxylic acids is 1. The summed E-state index contributed by atoms with van der Waals surface area (Å²) in [7, 11) is 1.79. The molecule has 25 heavy (non-hydrogen) atoms. The molecule has 8 heteroatoms. The third-order valence-electron chi connectivity index (χ3n) is 5.16. The number of nitrogens with zero attached hydrogens (tertiary/aromatic N) is 3. The summed E-state index contributed by atoms with van der Waals surface area (Å²) in [6, 6.07) is 1.30. The number of aromatic nitrogens is 2. The summed E-state index contributed by atoms with van der Waals surface area (Å²) in [5.74, 6) is -1.22. The number of aryl methyl sites for hydroxylation is 2. The van der Waals surface area contributed by atoms with Gasteiger partial charge in [0.1, 0.15) is 11.9 Å². The third-order valence-corrected chi connectivity index (χ3v) is 5.16. The van der Waals surface area contributed by atoms with Crippen LogP contribution >= 0.6 is 0 Å². The van der Waals surface area contributed by atoms with Crippen molar-refractivity contribution in [2.24, 2.45) is 18.9 Å². The molecule has 3 rings (SSSR count). The maximum Gasteiger partial charge on any atom is 0.306 e. The summed E-state index contributed by atoms with van der Waals surface area (Å²) in [4.78, 5) is 38.0. The number of carboxylic acid groups (broad SMARTS) is 1. The number of carbonyl (C=O) groups excluding carboxylic acids is 2. The van der Waals surface area contributed by atoms with Gasteiger partial charge in [0.05, 0.1) is 11.6 Å². The van der Waals surface area contributed by atoms with Crippen molar-refractivity contribution < 1.29 is 19.5 Å². The molecule has 1 aromatic heterocycles. The third kappa shape index (κ3) is 3.52. The van der Waals surface area contributed by atoms with Gasteiger partial charge < -0.3 is 10.4 Å². The Bertz CT molecular complexity index is 699. The summed E-state index contributed by atoms with van der Waals surface area (Å²) < 4.78 is 1.67. The molecule has 0 aromatic carbocycles. The summed E-state index contributed by atoms with van der Waals surface area (Å²) >= 11 is 0. The first kappa shape index (κ1) is 17.4.